The first kappa shape index (κ1) is 14.0. The van der Waals surface area contributed by atoms with E-state index in [4.69, 9.17) is 11.6 Å². The van der Waals surface area contributed by atoms with Crippen LogP contribution in [0.2, 0.25) is 5.15 Å². The smallest absolute Gasteiger partial charge is 0.133 e. The van der Waals surface area contributed by atoms with E-state index in [1.807, 2.05) is 6.07 Å². The van der Waals surface area contributed by atoms with Crippen LogP contribution in [0.15, 0.2) is 30.3 Å². The fraction of sp³-hybridized carbons (Fsp3) is 0.375. The second kappa shape index (κ2) is 6.16. The Morgan fingerprint density at radius 1 is 1.11 bits per heavy atom. The molecule has 0 saturated carbocycles. The predicted molar refractivity (Wildman–Crippen MR) is 80.6 cm³/mol. The summed E-state index contributed by atoms with van der Waals surface area (Å²) in [4.78, 5) is 8.84. The minimum atomic E-state index is 0.275. The summed E-state index contributed by atoms with van der Waals surface area (Å²) in [5.74, 6) is 1.07. The van der Waals surface area contributed by atoms with Crippen molar-refractivity contribution in [1.29, 1.82) is 0 Å². The van der Waals surface area contributed by atoms with Crippen molar-refractivity contribution in [2.24, 2.45) is 0 Å². The van der Waals surface area contributed by atoms with E-state index in [0.29, 0.717) is 5.15 Å². The predicted octanol–water partition coefficient (Wildman–Crippen LogP) is 4.87. The summed E-state index contributed by atoms with van der Waals surface area (Å²) in [5.41, 5.74) is 3.34. The van der Waals surface area contributed by atoms with Gasteiger partial charge in [-0.25, -0.2) is 9.97 Å². The monoisotopic (exact) mass is 274 g/mol. The summed E-state index contributed by atoms with van der Waals surface area (Å²) in [6.07, 6.45) is 2.28. The maximum Gasteiger partial charge on any atom is 0.133 e. The molecule has 2 nitrogen and oxygen atoms in total. The highest BCUT2D eigenvalue weighted by Crippen LogP contribution is 2.23. The molecule has 0 radical (unpaired) electrons. The average Bonchev–Trinajstić information content (AvgIpc) is 2.39. The van der Waals surface area contributed by atoms with E-state index in [1.165, 1.54) is 5.56 Å². The molecule has 2 rings (SSSR count). The van der Waals surface area contributed by atoms with Gasteiger partial charge in [0.15, 0.2) is 0 Å². The van der Waals surface area contributed by atoms with Crippen molar-refractivity contribution in [3.63, 3.8) is 0 Å². The van der Waals surface area contributed by atoms with Crippen molar-refractivity contribution < 1.29 is 0 Å². The van der Waals surface area contributed by atoms with E-state index in [9.17, 15) is 0 Å². The van der Waals surface area contributed by atoms with E-state index in [2.05, 4.69) is 55.0 Å². The lowest BCUT2D eigenvalue weighted by molar-refractivity contribution is 0.776. The fourth-order valence-electron chi connectivity index (χ4n) is 1.97. The molecule has 3 heteroatoms. The van der Waals surface area contributed by atoms with Crippen LogP contribution in [0.5, 0.6) is 0 Å². The highest BCUT2D eigenvalue weighted by atomic mass is 35.5. The molecule has 0 N–H and O–H groups in total. The number of halogens is 1. The van der Waals surface area contributed by atoms with Crippen LogP contribution in [0.3, 0.4) is 0 Å². The van der Waals surface area contributed by atoms with Gasteiger partial charge in [0.2, 0.25) is 0 Å². The summed E-state index contributed by atoms with van der Waals surface area (Å²) in [5, 5.41) is 0.506. The van der Waals surface area contributed by atoms with Crippen LogP contribution >= 0.6 is 11.6 Å². The van der Waals surface area contributed by atoms with Crippen LogP contribution in [0.25, 0.3) is 11.3 Å². The van der Waals surface area contributed by atoms with Gasteiger partial charge in [0.05, 0.1) is 5.69 Å². The Hall–Kier alpha value is -1.41. The maximum atomic E-state index is 6.07. The third kappa shape index (κ3) is 3.54. The Morgan fingerprint density at radius 2 is 1.79 bits per heavy atom. The molecule has 1 heterocycles. The van der Waals surface area contributed by atoms with Crippen LogP contribution in [0, 0.1) is 0 Å². The van der Waals surface area contributed by atoms with Gasteiger partial charge < -0.3 is 0 Å². The van der Waals surface area contributed by atoms with Crippen LogP contribution in [-0.4, -0.2) is 9.97 Å². The Balaban J connectivity index is 2.35. The Morgan fingerprint density at radius 3 is 2.37 bits per heavy atom. The molecule has 100 valence electrons. The summed E-state index contributed by atoms with van der Waals surface area (Å²) in [6, 6.07) is 10.3. The zero-order valence-corrected chi connectivity index (χ0v) is 12.4. The van der Waals surface area contributed by atoms with Gasteiger partial charge in [0.25, 0.3) is 0 Å². The van der Waals surface area contributed by atoms with Crippen molar-refractivity contribution >= 4 is 11.6 Å². The molecule has 1 aromatic carbocycles. The fourth-order valence-corrected chi connectivity index (χ4v) is 2.16. The number of aromatic nitrogens is 2. The van der Waals surface area contributed by atoms with Gasteiger partial charge in [-0.05, 0) is 12.0 Å². The first-order valence-electron chi connectivity index (χ1n) is 6.74. The number of rotatable bonds is 4. The molecule has 0 unspecified atom stereocenters. The Labute approximate surface area is 119 Å². The molecule has 19 heavy (non-hydrogen) atoms. The molecule has 0 fully saturated rings. The SMILES string of the molecule is CCCc1ccc(-c2cc(Cl)nc(C(C)C)n2)cc1. The number of hydrogen-bond donors (Lipinski definition) is 0. The lowest BCUT2D eigenvalue weighted by Crippen LogP contribution is -1.99. The van der Waals surface area contributed by atoms with Crippen LogP contribution < -0.4 is 0 Å². The van der Waals surface area contributed by atoms with Gasteiger partial charge in [-0.3, -0.25) is 0 Å². The molecule has 1 aromatic heterocycles. The van der Waals surface area contributed by atoms with E-state index >= 15 is 0 Å². The second-order valence-corrected chi connectivity index (χ2v) is 5.42. The van der Waals surface area contributed by atoms with E-state index < -0.39 is 0 Å². The summed E-state index contributed by atoms with van der Waals surface area (Å²) < 4.78 is 0. The van der Waals surface area contributed by atoms with Gasteiger partial charge in [-0.15, -0.1) is 0 Å². The number of benzene rings is 1. The van der Waals surface area contributed by atoms with Crippen LogP contribution in [-0.2, 0) is 6.42 Å². The van der Waals surface area contributed by atoms with Crippen molar-refractivity contribution in [2.75, 3.05) is 0 Å². The first-order chi connectivity index (χ1) is 9.10. The van der Waals surface area contributed by atoms with Gasteiger partial charge in [0.1, 0.15) is 11.0 Å². The van der Waals surface area contributed by atoms with Crippen molar-refractivity contribution in [2.45, 2.75) is 39.5 Å². The lowest BCUT2D eigenvalue weighted by Gasteiger charge is -2.08. The zero-order chi connectivity index (χ0) is 13.8. The normalized spacial score (nSPS) is 11.0. The van der Waals surface area contributed by atoms with Crippen LogP contribution in [0.1, 0.15) is 44.5 Å². The topological polar surface area (TPSA) is 25.8 Å². The average molecular weight is 275 g/mol. The molecule has 0 spiro atoms. The van der Waals surface area contributed by atoms with Gasteiger partial charge >= 0.3 is 0 Å². The standard InChI is InChI=1S/C16H19ClN2/c1-4-5-12-6-8-13(9-7-12)14-10-15(17)19-16(18-14)11(2)3/h6-11H,4-5H2,1-3H3. The molecule has 0 bridgehead atoms. The minimum Gasteiger partial charge on any atom is -0.233 e. The summed E-state index contributed by atoms with van der Waals surface area (Å²) in [7, 11) is 0. The molecule has 0 aliphatic heterocycles. The molecular formula is C16H19ClN2. The van der Waals surface area contributed by atoms with E-state index in [1.54, 1.807) is 0 Å². The summed E-state index contributed by atoms with van der Waals surface area (Å²) in [6.45, 7) is 6.33. The zero-order valence-electron chi connectivity index (χ0n) is 11.7. The van der Waals surface area contributed by atoms with Crippen molar-refractivity contribution in [3.05, 3.63) is 46.9 Å². The third-order valence-corrected chi connectivity index (χ3v) is 3.21. The van der Waals surface area contributed by atoms with E-state index in [-0.39, 0.29) is 5.92 Å². The molecule has 0 amide bonds. The van der Waals surface area contributed by atoms with Gasteiger partial charge in [-0.1, -0.05) is 63.1 Å². The first-order valence-corrected chi connectivity index (χ1v) is 7.11. The number of aryl methyl sites for hydroxylation is 1. The molecular weight excluding hydrogens is 256 g/mol. The molecule has 0 aliphatic rings. The van der Waals surface area contributed by atoms with Crippen molar-refractivity contribution in [3.8, 4) is 11.3 Å². The lowest BCUT2D eigenvalue weighted by atomic mass is 10.1. The molecule has 0 saturated heterocycles. The van der Waals surface area contributed by atoms with E-state index in [0.717, 1.165) is 29.9 Å². The minimum absolute atomic E-state index is 0.275. The Bertz CT molecular complexity index is 547. The largest absolute Gasteiger partial charge is 0.233 e. The Kier molecular flexibility index (Phi) is 4.54. The van der Waals surface area contributed by atoms with Gasteiger partial charge in [-0.2, -0.15) is 0 Å². The number of nitrogens with zero attached hydrogens (tertiary/aromatic N) is 2. The van der Waals surface area contributed by atoms with Crippen molar-refractivity contribution in [1.82, 2.24) is 9.97 Å². The molecule has 0 atom stereocenters. The quantitative estimate of drug-likeness (QED) is 0.743. The highest BCUT2D eigenvalue weighted by molar-refractivity contribution is 6.29. The molecule has 2 aromatic rings. The second-order valence-electron chi connectivity index (χ2n) is 5.04. The number of hydrogen-bond acceptors (Lipinski definition) is 2. The maximum absolute atomic E-state index is 6.07. The highest BCUT2D eigenvalue weighted by Gasteiger charge is 2.08. The van der Waals surface area contributed by atoms with Crippen LogP contribution in [0.4, 0.5) is 0 Å². The summed E-state index contributed by atoms with van der Waals surface area (Å²) >= 11 is 6.07. The third-order valence-electron chi connectivity index (χ3n) is 3.02. The molecule has 0 aliphatic carbocycles. The van der Waals surface area contributed by atoms with Gasteiger partial charge in [0, 0.05) is 17.5 Å².